The second-order valence-electron chi connectivity index (χ2n) is 6.08. The first-order valence-electron chi connectivity index (χ1n) is 8.53. The molecule has 0 saturated carbocycles. The molecule has 0 fully saturated rings. The third-order valence-electron chi connectivity index (χ3n) is 3.91. The van der Waals surface area contributed by atoms with Gasteiger partial charge in [-0.3, -0.25) is 9.59 Å². The molecule has 0 heterocycles. The number of carbonyl (C=O) groups is 2. The van der Waals surface area contributed by atoms with E-state index in [2.05, 4.69) is 10.6 Å². The highest BCUT2D eigenvalue weighted by atomic mass is 32.2. The maximum absolute atomic E-state index is 12.8. The van der Waals surface area contributed by atoms with Crippen molar-refractivity contribution in [3.8, 4) is 11.5 Å². The zero-order valence-corrected chi connectivity index (χ0v) is 17.4. The minimum atomic E-state index is -3.98. The number of nitrogens with one attached hydrogen (secondary N) is 2. The summed E-state index contributed by atoms with van der Waals surface area (Å²) in [6.07, 6.45) is 0. The van der Waals surface area contributed by atoms with Crippen LogP contribution >= 0.6 is 0 Å². The van der Waals surface area contributed by atoms with E-state index in [1.165, 1.54) is 46.4 Å². The predicted octanol–water partition coefficient (Wildman–Crippen LogP) is 1.92. The van der Waals surface area contributed by atoms with Crippen LogP contribution in [0.2, 0.25) is 0 Å². The van der Waals surface area contributed by atoms with Gasteiger partial charge in [0.2, 0.25) is 21.8 Å². The number of benzene rings is 2. The van der Waals surface area contributed by atoms with Gasteiger partial charge < -0.3 is 20.1 Å². The molecule has 2 N–H and O–H groups in total. The molecule has 2 rings (SSSR count). The fraction of sp³-hybridized carbons (Fsp3) is 0.263. The molecule has 0 aliphatic carbocycles. The number of anilines is 2. The maximum atomic E-state index is 12.8. The molecule has 9 nitrogen and oxygen atoms in total. The summed E-state index contributed by atoms with van der Waals surface area (Å²) in [5.74, 6) is -0.00567. The van der Waals surface area contributed by atoms with E-state index in [1.54, 1.807) is 24.3 Å². The molecule has 0 unspecified atom stereocenters. The summed E-state index contributed by atoms with van der Waals surface area (Å²) in [4.78, 5) is 23.5. The van der Waals surface area contributed by atoms with Crippen LogP contribution in [-0.4, -0.2) is 52.3 Å². The molecule has 0 radical (unpaired) electrons. The fourth-order valence-electron chi connectivity index (χ4n) is 2.50. The molecule has 0 saturated heterocycles. The van der Waals surface area contributed by atoms with E-state index in [0.29, 0.717) is 17.2 Å². The van der Waals surface area contributed by atoms with Gasteiger partial charge in [-0.2, -0.15) is 4.31 Å². The van der Waals surface area contributed by atoms with E-state index in [1.807, 2.05) is 0 Å². The lowest BCUT2D eigenvalue weighted by Crippen LogP contribution is -2.35. The summed E-state index contributed by atoms with van der Waals surface area (Å²) in [5.41, 5.74) is 0.702. The molecule has 156 valence electrons. The van der Waals surface area contributed by atoms with Crippen LogP contribution < -0.4 is 20.1 Å². The van der Waals surface area contributed by atoms with Crippen LogP contribution in [0.1, 0.15) is 6.92 Å². The summed E-state index contributed by atoms with van der Waals surface area (Å²) < 4.78 is 36.8. The number of likely N-dealkylation sites (N-methyl/N-ethyl adjacent to an activating group) is 1. The van der Waals surface area contributed by atoms with Crippen molar-refractivity contribution in [3.05, 3.63) is 42.5 Å². The Morgan fingerprint density at radius 2 is 1.76 bits per heavy atom. The standard InChI is InChI=1S/C19H23N3O6S/c1-13(23)20-17-11-16(8-9-18(17)28-4)29(25,26)22(2)12-19(24)21-14-6-5-7-15(10-14)27-3/h5-11H,12H2,1-4H3,(H,20,23)(H,21,24). The molecule has 2 aromatic carbocycles. The Hall–Kier alpha value is -3.11. The Morgan fingerprint density at radius 3 is 2.38 bits per heavy atom. The Kier molecular flexibility index (Phi) is 7.18. The largest absolute Gasteiger partial charge is 0.497 e. The monoisotopic (exact) mass is 421 g/mol. The van der Waals surface area contributed by atoms with Crippen molar-refractivity contribution in [2.75, 3.05) is 38.4 Å². The Morgan fingerprint density at radius 1 is 1.03 bits per heavy atom. The normalized spacial score (nSPS) is 11.1. The van der Waals surface area contributed by atoms with Crippen molar-refractivity contribution in [3.63, 3.8) is 0 Å². The number of nitrogens with zero attached hydrogens (tertiary/aromatic N) is 1. The van der Waals surface area contributed by atoms with E-state index in [4.69, 9.17) is 9.47 Å². The second kappa shape index (κ2) is 9.39. The first kappa shape index (κ1) is 22.2. The average Bonchev–Trinajstić information content (AvgIpc) is 2.67. The molecule has 10 heteroatoms. The lowest BCUT2D eigenvalue weighted by atomic mass is 10.3. The SMILES string of the molecule is COc1cccc(NC(=O)CN(C)S(=O)(=O)c2ccc(OC)c(NC(C)=O)c2)c1. The van der Waals surface area contributed by atoms with E-state index in [0.717, 1.165) is 4.31 Å². The molecule has 0 bridgehead atoms. The van der Waals surface area contributed by atoms with E-state index < -0.39 is 22.5 Å². The fourth-order valence-corrected chi connectivity index (χ4v) is 3.66. The van der Waals surface area contributed by atoms with Gasteiger partial charge in [0.1, 0.15) is 11.5 Å². The van der Waals surface area contributed by atoms with Crippen LogP contribution in [0.3, 0.4) is 0 Å². The third-order valence-corrected chi connectivity index (χ3v) is 5.71. The average molecular weight is 421 g/mol. The predicted molar refractivity (Wildman–Crippen MR) is 109 cm³/mol. The summed E-state index contributed by atoms with van der Waals surface area (Å²) in [5, 5.41) is 5.15. The first-order valence-corrected chi connectivity index (χ1v) is 9.97. The molecule has 2 amide bonds. The summed E-state index contributed by atoms with van der Waals surface area (Å²) in [6.45, 7) is 0.899. The first-order chi connectivity index (χ1) is 13.7. The zero-order chi connectivity index (χ0) is 21.6. The topological polar surface area (TPSA) is 114 Å². The van der Waals surface area contributed by atoms with Gasteiger partial charge in [0, 0.05) is 25.7 Å². The van der Waals surface area contributed by atoms with Crippen LogP contribution in [0, 0.1) is 0 Å². The highest BCUT2D eigenvalue weighted by Crippen LogP contribution is 2.28. The summed E-state index contributed by atoms with van der Waals surface area (Å²) >= 11 is 0. The number of methoxy groups -OCH3 is 2. The van der Waals surface area contributed by atoms with Gasteiger partial charge in [0.25, 0.3) is 0 Å². The smallest absolute Gasteiger partial charge is 0.243 e. The van der Waals surface area contributed by atoms with E-state index in [-0.39, 0.29) is 16.5 Å². The van der Waals surface area contributed by atoms with Gasteiger partial charge in [-0.1, -0.05) is 6.07 Å². The lowest BCUT2D eigenvalue weighted by Gasteiger charge is -2.18. The molecule has 2 aromatic rings. The number of rotatable bonds is 8. The molecule has 0 atom stereocenters. The molecule has 29 heavy (non-hydrogen) atoms. The highest BCUT2D eigenvalue weighted by Gasteiger charge is 2.24. The Bertz CT molecular complexity index is 1010. The van der Waals surface area contributed by atoms with Gasteiger partial charge in [-0.25, -0.2) is 8.42 Å². The highest BCUT2D eigenvalue weighted by molar-refractivity contribution is 7.89. The number of sulfonamides is 1. The minimum absolute atomic E-state index is 0.0845. The summed E-state index contributed by atoms with van der Waals surface area (Å²) in [6, 6.07) is 10.8. The Labute approximate surface area is 169 Å². The van der Waals surface area contributed by atoms with Crippen LogP contribution in [0.5, 0.6) is 11.5 Å². The van der Waals surface area contributed by atoms with Crippen molar-refractivity contribution in [1.82, 2.24) is 4.31 Å². The van der Waals surface area contributed by atoms with Crippen LogP contribution in [0.15, 0.2) is 47.4 Å². The van der Waals surface area contributed by atoms with Gasteiger partial charge in [0.05, 0.1) is 31.3 Å². The Balaban J connectivity index is 2.17. The van der Waals surface area contributed by atoms with Crippen molar-refractivity contribution < 1.29 is 27.5 Å². The van der Waals surface area contributed by atoms with Gasteiger partial charge in [-0.05, 0) is 30.3 Å². The minimum Gasteiger partial charge on any atom is -0.497 e. The van der Waals surface area contributed by atoms with E-state index >= 15 is 0 Å². The molecule has 0 aliphatic heterocycles. The number of hydrogen-bond donors (Lipinski definition) is 2. The molecule has 0 aliphatic rings. The number of amides is 2. The number of carbonyl (C=O) groups excluding carboxylic acids is 2. The summed E-state index contributed by atoms with van der Waals surface area (Å²) in [7, 11) is 0.225. The van der Waals surface area contributed by atoms with Gasteiger partial charge >= 0.3 is 0 Å². The van der Waals surface area contributed by atoms with Crippen molar-refractivity contribution in [2.45, 2.75) is 11.8 Å². The third kappa shape index (κ3) is 5.69. The number of hydrogen-bond acceptors (Lipinski definition) is 6. The van der Waals surface area contributed by atoms with Crippen molar-refractivity contribution in [1.29, 1.82) is 0 Å². The maximum Gasteiger partial charge on any atom is 0.243 e. The van der Waals surface area contributed by atoms with E-state index in [9.17, 15) is 18.0 Å². The van der Waals surface area contributed by atoms with Crippen LogP contribution in [0.25, 0.3) is 0 Å². The quantitative estimate of drug-likeness (QED) is 0.673. The molecular formula is C19H23N3O6S. The van der Waals surface area contributed by atoms with Crippen molar-refractivity contribution >= 4 is 33.2 Å². The number of ether oxygens (including phenoxy) is 2. The van der Waals surface area contributed by atoms with Crippen molar-refractivity contribution in [2.24, 2.45) is 0 Å². The lowest BCUT2D eigenvalue weighted by molar-refractivity contribution is -0.116. The van der Waals surface area contributed by atoms with Crippen LogP contribution in [-0.2, 0) is 19.6 Å². The van der Waals surface area contributed by atoms with Gasteiger partial charge in [0.15, 0.2) is 0 Å². The van der Waals surface area contributed by atoms with Crippen LogP contribution in [0.4, 0.5) is 11.4 Å². The zero-order valence-electron chi connectivity index (χ0n) is 16.6. The molecule has 0 aromatic heterocycles. The molecule has 0 spiro atoms. The van der Waals surface area contributed by atoms with Gasteiger partial charge in [-0.15, -0.1) is 0 Å². The second-order valence-corrected chi connectivity index (χ2v) is 8.13. The molecular weight excluding hydrogens is 398 g/mol.